The SMILES string of the molecule is CC(C)(C)OC(=O)C(N)Cn1cc(Br)cn1. The van der Waals surface area contributed by atoms with Crippen molar-refractivity contribution in [3.8, 4) is 0 Å². The van der Waals surface area contributed by atoms with Crippen LogP contribution in [0.25, 0.3) is 0 Å². The summed E-state index contributed by atoms with van der Waals surface area (Å²) in [6, 6.07) is -0.703. The minimum Gasteiger partial charge on any atom is -0.459 e. The van der Waals surface area contributed by atoms with Crippen LogP contribution >= 0.6 is 15.9 Å². The van der Waals surface area contributed by atoms with Gasteiger partial charge in [0.2, 0.25) is 0 Å². The van der Waals surface area contributed by atoms with Gasteiger partial charge in [-0.15, -0.1) is 0 Å². The number of carbonyl (C=O) groups excluding carboxylic acids is 1. The van der Waals surface area contributed by atoms with Gasteiger partial charge in [-0.3, -0.25) is 9.48 Å². The summed E-state index contributed by atoms with van der Waals surface area (Å²) in [7, 11) is 0. The molecule has 0 saturated heterocycles. The van der Waals surface area contributed by atoms with Gasteiger partial charge in [0.1, 0.15) is 11.6 Å². The van der Waals surface area contributed by atoms with Gasteiger partial charge in [-0.2, -0.15) is 5.10 Å². The second-order valence-corrected chi connectivity index (χ2v) is 5.44. The number of hydrogen-bond acceptors (Lipinski definition) is 4. The molecule has 90 valence electrons. The van der Waals surface area contributed by atoms with Gasteiger partial charge in [-0.05, 0) is 36.7 Å². The molecule has 6 heteroatoms. The van der Waals surface area contributed by atoms with Crippen LogP contribution in [0.3, 0.4) is 0 Å². The summed E-state index contributed by atoms with van der Waals surface area (Å²) >= 11 is 3.27. The standard InChI is InChI=1S/C10H16BrN3O2/c1-10(2,3)16-9(15)8(12)6-14-5-7(11)4-13-14/h4-5,8H,6,12H2,1-3H3. The average Bonchev–Trinajstić information content (AvgIpc) is 2.48. The third kappa shape index (κ3) is 4.32. The van der Waals surface area contributed by atoms with E-state index in [1.54, 1.807) is 17.1 Å². The Morgan fingerprint density at radius 2 is 2.31 bits per heavy atom. The first kappa shape index (κ1) is 13.2. The molecule has 16 heavy (non-hydrogen) atoms. The van der Waals surface area contributed by atoms with Crippen molar-refractivity contribution in [2.24, 2.45) is 5.73 Å². The fourth-order valence-electron chi connectivity index (χ4n) is 1.09. The normalized spacial score (nSPS) is 13.6. The van der Waals surface area contributed by atoms with Crippen molar-refractivity contribution in [2.45, 2.75) is 39.0 Å². The summed E-state index contributed by atoms with van der Waals surface area (Å²) in [6.07, 6.45) is 3.39. The van der Waals surface area contributed by atoms with Gasteiger partial charge in [0.15, 0.2) is 0 Å². The van der Waals surface area contributed by atoms with Crippen molar-refractivity contribution >= 4 is 21.9 Å². The number of carbonyl (C=O) groups is 1. The smallest absolute Gasteiger partial charge is 0.325 e. The zero-order valence-electron chi connectivity index (χ0n) is 9.61. The van der Waals surface area contributed by atoms with Crippen LogP contribution < -0.4 is 5.73 Å². The topological polar surface area (TPSA) is 70.1 Å². The molecule has 1 unspecified atom stereocenters. The van der Waals surface area contributed by atoms with Gasteiger partial charge in [0.25, 0.3) is 0 Å². The highest BCUT2D eigenvalue weighted by Gasteiger charge is 2.22. The van der Waals surface area contributed by atoms with E-state index in [1.807, 2.05) is 20.8 Å². The number of esters is 1. The van der Waals surface area contributed by atoms with E-state index in [0.29, 0.717) is 6.54 Å². The number of aromatic nitrogens is 2. The first-order valence-corrected chi connectivity index (χ1v) is 5.73. The molecule has 1 rings (SSSR count). The summed E-state index contributed by atoms with van der Waals surface area (Å²) in [6.45, 7) is 5.73. The van der Waals surface area contributed by atoms with Crippen molar-refractivity contribution in [1.29, 1.82) is 0 Å². The maximum atomic E-state index is 11.6. The minimum atomic E-state index is -0.703. The van der Waals surface area contributed by atoms with Crippen molar-refractivity contribution in [1.82, 2.24) is 9.78 Å². The molecule has 1 atom stereocenters. The third-order valence-electron chi connectivity index (χ3n) is 1.70. The Morgan fingerprint density at radius 3 is 2.75 bits per heavy atom. The van der Waals surface area contributed by atoms with Crippen molar-refractivity contribution < 1.29 is 9.53 Å². The zero-order chi connectivity index (χ0) is 12.3. The van der Waals surface area contributed by atoms with Crippen molar-refractivity contribution in [3.63, 3.8) is 0 Å². The van der Waals surface area contributed by atoms with Crippen LogP contribution in [0.1, 0.15) is 20.8 Å². The molecule has 0 spiro atoms. The molecule has 2 N–H and O–H groups in total. The number of nitrogens with two attached hydrogens (primary N) is 1. The molecular formula is C10H16BrN3O2. The second-order valence-electron chi connectivity index (χ2n) is 4.52. The Labute approximate surface area is 103 Å². The van der Waals surface area contributed by atoms with Crippen molar-refractivity contribution in [2.75, 3.05) is 0 Å². The number of halogens is 1. The molecule has 0 aliphatic carbocycles. The lowest BCUT2D eigenvalue weighted by Gasteiger charge is -2.22. The molecule has 1 aromatic rings. The van der Waals surface area contributed by atoms with Crippen LogP contribution in [-0.2, 0) is 16.1 Å². The molecule has 5 nitrogen and oxygen atoms in total. The van der Waals surface area contributed by atoms with Crippen LogP contribution in [0, 0.1) is 0 Å². The van der Waals surface area contributed by atoms with Gasteiger partial charge in [-0.1, -0.05) is 0 Å². The lowest BCUT2D eigenvalue weighted by Crippen LogP contribution is -2.40. The summed E-state index contributed by atoms with van der Waals surface area (Å²) in [5.74, 6) is -0.417. The fourth-order valence-corrected chi connectivity index (χ4v) is 1.42. The Hall–Kier alpha value is -0.880. The van der Waals surface area contributed by atoms with E-state index in [9.17, 15) is 4.79 Å². The summed E-state index contributed by atoms with van der Waals surface area (Å²) in [5, 5.41) is 4.02. The first-order chi connectivity index (χ1) is 7.28. The Bertz CT molecular complexity index is 370. The van der Waals surface area contributed by atoms with Crippen LogP contribution in [0.2, 0.25) is 0 Å². The lowest BCUT2D eigenvalue weighted by molar-refractivity contribution is -0.156. The van der Waals surface area contributed by atoms with Crippen LogP contribution in [-0.4, -0.2) is 27.4 Å². The third-order valence-corrected chi connectivity index (χ3v) is 2.10. The largest absolute Gasteiger partial charge is 0.459 e. The van der Waals surface area contributed by atoms with E-state index in [-0.39, 0.29) is 0 Å². The van der Waals surface area contributed by atoms with E-state index in [2.05, 4.69) is 21.0 Å². The minimum absolute atomic E-state index is 0.306. The summed E-state index contributed by atoms with van der Waals surface area (Å²) in [4.78, 5) is 11.6. The number of rotatable bonds is 3. The molecule has 0 aliphatic rings. The molecule has 0 fully saturated rings. The molecule has 0 radical (unpaired) electrons. The highest BCUT2D eigenvalue weighted by molar-refractivity contribution is 9.10. The highest BCUT2D eigenvalue weighted by Crippen LogP contribution is 2.10. The monoisotopic (exact) mass is 289 g/mol. The Kier molecular flexibility index (Phi) is 4.09. The number of ether oxygens (including phenoxy) is 1. The van der Waals surface area contributed by atoms with Gasteiger partial charge >= 0.3 is 5.97 Å². The molecule has 0 amide bonds. The molecule has 1 aromatic heterocycles. The Morgan fingerprint density at radius 1 is 1.69 bits per heavy atom. The van der Waals surface area contributed by atoms with Crippen LogP contribution in [0.5, 0.6) is 0 Å². The maximum Gasteiger partial charge on any atom is 0.325 e. The number of nitrogens with zero attached hydrogens (tertiary/aromatic N) is 2. The lowest BCUT2D eigenvalue weighted by atomic mass is 10.2. The van der Waals surface area contributed by atoms with E-state index in [4.69, 9.17) is 10.5 Å². The van der Waals surface area contributed by atoms with Crippen molar-refractivity contribution in [3.05, 3.63) is 16.9 Å². The molecule has 1 heterocycles. The zero-order valence-corrected chi connectivity index (χ0v) is 11.2. The highest BCUT2D eigenvalue weighted by atomic mass is 79.9. The van der Waals surface area contributed by atoms with Gasteiger partial charge in [0.05, 0.1) is 17.2 Å². The fraction of sp³-hybridized carbons (Fsp3) is 0.600. The van der Waals surface area contributed by atoms with E-state index in [1.165, 1.54) is 0 Å². The van der Waals surface area contributed by atoms with Crippen LogP contribution in [0.15, 0.2) is 16.9 Å². The van der Waals surface area contributed by atoms with Crippen LogP contribution in [0.4, 0.5) is 0 Å². The number of hydrogen-bond donors (Lipinski definition) is 1. The van der Waals surface area contributed by atoms with E-state index in [0.717, 1.165) is 4.47 Å². The molecule has 0 bridgehead atoms. The van der Waals surface area contributed by atoms with Gasteiger partial charge in [-0.25, -0.2) is 0 Å². The predicted octanol–water partition coefficient (Wildman–Crippen LogP) is 1.31. The maximum absolute atomic E-state index is 11.6. The van der Waals surface area contributed by atoms with Gasteiger partial charge in [0, 0.05) is 6.20 Å². The van der Waals surface area contributed by atoms with Gasteiger partial charge < -0.3 is 10.5 Å². The molecular weight excluding hydrogens is 274 g/mol. The molecule has 0 aromatic carbocycles. The first-order valence-electron chi connectivity index (χ1n) is 4.94. The molecule has 0 aliphatic heterocycles. The quantitative estimate of drug-likeness (QED) is 0.852. The summed E-state index contributed by atoms with van der Waals surface area (Å²) in [5.41, 5.74) is 5.20. The van der Waals surface area contributed by atoms with E-state index >= 15 is 0 Å². The predicted molar refractivity (Wildman–Crippen MR) is 63.7 cm³/mol. The Balaban J connectivity index is 2.52. The molecule has 0 saturated carbocycles. The summed E-state index contributed by atoms with van der Waals surface area (Å²) < 4.78 is 7.61. The second kappa shape index (κ2) is 4.97. The average molecular weight is 290 g/mol. The van der Waals surface area contributed by atoms with E-state index < -0.39 is 17.6 Å².